The molecule has 0 saturated carbocycles. The first-order valence-electron chi connectivity index (χ1n) is 19.4. The van der Waals surface area contributed by atoms with Crippen molar-refractivity contribution in [1.82, 2.24) is 24.8 Å². The van der Waals surface area contributed by atoms with Crippen molar-refractivity contribution >= 4 is 55.3 Å². The lowest BCUT2D eigenvalue weighted by Crippen LogP contribution is -2.56. The third-order valence-electron chi connectivity index (χ3n) is 11.0. The van der Waals surface area contributed by atoms with Crippen molar-refractivity contribution in [2.45, 2.75) is 109 Å². The van der Waals surface area contributed by atoms with Gasteiger partial charge in [0.15, 0.2) is 11.6 Å². The van der Waals surface area contributed by atoms with Crippen LogP contribution in [0, 0.1) is 23.0 Å². The third-order valence-corrected chi connectivity index (χ3v) is 12.1. The molecule has 59 heavy (non-hydrogen) atoms. The van der Waals surface area contributed by atoms with Crippen LogP contribution in [0.5, 0.6) is 6.01 Å². The molecule has 3 atom stereocenters. The molecule has 19 heteroatoms. The van der Waals surface area contributed by atoms with Crippen LogP contribution in [0.2, 0.25) is 0 Å². The van der Waals surface area contributed by atoms with E-state index in [4.69, 9.17) is 23.9 Å². The van der Waals surface area contributed by atoms with E-state index in [1.165, 1.54) is 4.90 Å². The summed E-state index contributed by atoms with van der Waals surface area (Å²) in [7, 11) is 1.57. The summed E-state index contributed by atoms with van der Waals surface area (Å²) in [5.41, 5.74) is -1.25. The molecule has 4 aromatic rings. The van der Waals surface area contributed by atoms with Gasteiger partial charge in [0, 0.05) is 49.1 Å². The molecule has 3 unspecified atom stereocenters. The second-order valence-corrected chi connectivity index (χ2v) is 18.4. The maximum atomic E-state index is 17.7. The molecule has 3 saturated heterocycles. The molecule has 0 radical (unpaired) electrons. The number of ether oxygens (including phenoxy) is 4. The number of alkyl halides is 2. The number of nitrogens with one attached hydrogen (secondary N) is 1. The second-order valence-electron chi connectivity index (χ2n) is 17.4. The SMILES string of the molecule is CN1CCC(F)(F)C1COc1nc(N2C3CCC2CN(C(=O)OC(C)(C)C)C3)c2c3c(c(-c4ncc(F)c5sc(NC(=O)OC(C)(C)C)c(C#N)c45)c(F)c2n1)COC3. The Morgan fingerprint density at radius 1 is 1.03 bits per heavy atom. The number of benzene rings is 1. The molecule has 314 valence electrons. The highest BCUT2D eigenvalue weighted by molar-refractivity contribution is 7.23. The number of hydrogen-bond donors (Lipinski definition) is 1. The van der Waals surface area contributed by atoms with Gasteiger partial charge in [0.25, 0.3) is 5.92 Å². The largest absolute Gasteiger partial charge is 0.461 e. The van der Waals surface area contributed by atoms with E-state index in [0.717, 1.165) is 17.5 Å². The molecular formula is C40H44F4N8O6S. The predicted molar refractivity (Wildman–Crippen MR) is 210 cm³/mol. The molecule has 2 bridgehead atoms. The number of hydrogen-bond acceptors (Lipinski definition) is 13. The van der Waals surface area contributed by atoms with E-state index in [-0.39, 0.29) is 94.8 Å². The monoisotopic (exact) mass is 840 g/mol. The zero-order valence-corrected chi connectivity index (χ0v) is 34.5. The average Bonchev–Trinajstić information content (AvgIpc) is 3.89. The number of pyridine rings is 1. The molecule has 7 heterocycles. The summed E-state index contributed by atoms with van der Waals surface area (Å²) in [6, 6.07) is -0.124. The zero-order chi connectivity index (χ0) is 42.3. The number of anilines is 2. The van der Waals surface area contributed by atoms with E-state index < -0.39 is 53.6 Å². The fourth-order valence-corrected chi connectivity index (χ4v) is 9.48. The average molecular weight is 841 g/mol. The minimum atomic E-state index is -3.04. The highest BCUT2D eigenvalue weighted by Gasteiger charge is 2.49. The number of halogens is 4. The normalized spacial score (nSPS) is 21.6. The number of carbonyl (C=O) groups is 2. The molecule has 14 nitrogen and oxygen atoms in total. The zero-order valence-electron chi connectivity index (χ0n) is 33.7. The first-order valence-corrected chi connectivity index (χ1v) is 20.2. The Kier molecular flexibility index (Phi) is 10.1. The lowest BCUT2D eigenvalue weighted by Gasteiger charge is -2.42. The van der Waals surface area contributed by atoms with Gasteiger partial charge < -0.3 is 28.7 Å². The van der Waals surface area contributed by atoms with Gasteiger partial charge in [-0.1, -0.05) is 0 Å². The van der Waals surface area contributed by atoms with E-state index in [9.17, 15) is 23.6 Å². The Labute approximate surface area is 341 Å². The minimum absolute atomic E-state index is 0.00645. The van der Waals surface area contributed by atoms with Crippen LogP contribution in [0.25, 0.3) is 32.2 Å². The number of thiophene rings is 1. The van der Waals surface area contributed by atoms with Crippen LogP contribution in [0.3, 0.4) is 0 Å². The number of likely N-dealkylation sites (N-methyl/N-ethyl adjacent to an activating group) is 1. The van der Waals surface area contributed by atoms with Crippen LogP contribution < -0.4 is 15.0 Å². The summed E-state index contributed by atoms with van der Waals surface area (Å²) in [6.07, 6.45) is 0.592. The predicted octanol–water partition coefficient (Wildman–Crippen LogP) is 7.74. The number of rotatable bonds is 6. The van der Waals surface area contributed by atoms with E-state index in [1.54, 1.807) is 53.5 Å². The number of nitriles is 1. The van der Waals surface area contributed by atoms with Gasteiger partial charge >= 0.3 is 18.2 Å². The van der Waals surface area contributed by atoms with Crippen LogP contribution in [0.4, 0.5) is 38.0 Å². The Morgan fingerprint density at radius 3 is 2.34 bits per heavy atom. The van der Waals surface area contributed by atoms with Crippen molar-refractivity contribution in [3.63, 3.8) is 0 Å². The first kappa shape index (κ1) is 40.7. The number of fused-ring (bicyclic) bond motifs is 6. The smallest absolute Gasteiger partial charge is 0.412 e. The van der Waals surface area contributed by atoms with Crippen LogP contribution in [-0.4, -0.2) is 105 Å². The standard InChI is InChI=1S/C40H44F4N8O6S/c1-38(2,3)57-36(53)49-34-21(12-45)27-30(46-13-24(41)32(27)59-34)26-22-16-55-17-23(22)28-31(29(26)42)47-35(56-18-25-40(43,44)10-11-50(25)7)48-33(28)52-19-8-9-20(52)15-51(14-19)37(54)58-39(4,5)6/h13,19-20,25H,8-11,14-18H2,1-7H3,(H,49,53). The molecule has 2 amide bonds. The number of aromatic nitrogens is 3. The van der Waals surface area contributed by atoms with Crippen LogP contribution in [0.1, 0.15) is 77.5 Å². The number of amides is 2. The van der Waals surface area contributed by atoms with Gasteiger partial charge in [-0.15, -0.1) is 11.3 Å². The Hall–Kier alpha value is -5.06. The first-order chi connectivity index (χ1) is 27.7. The third kappa shape index (κ3) is 7.43. The van der Waals surface area contributed by atoms with Crippen LogP contribution in [-0.2, 0) is 27.4 Å². The molecule has 3 aromatic heterocycles. The Morgan fingerprint density at radius 2 is 1.71 bits per heavy atom. The van der Waals surface area contributed by atoms with E-state index in [1.807, 2.05) is 11.0 Å². The summed E-state index contributed by atoms with van der Waals surface area (Å²) < 4.78 is 86.1. The van der Waals surface area contributed by atoms with Gasteiger partial charge in [0.05, 0.1) is 40.8 Å². The van der Waals surface area contributed by atoms with Gasteiger partial charge in [0.1, 0.15) is 46.3 Å². The molecule has 0 aliphatic carbocycles. The van der Waals surface area contributed by atoms with Crippen LogP contribution >= 0.6 is 11.3 Å². The summed E-state index contributed by atoms with van der Waals surface area (Å²) in [4.78, 5) is 44.8. The maximum Gasteiger partial charge on any atom is 0.412 e. The second kappa shape index (κ2) is 14.6. The molecular weight excluding hydrogens is 797 g/mol. The van der Waals surface area contributed by atoms with Crippen molar-refractivity contribution in [1.29, 1.82) is 5.26 Å². The highest BCUT2D eigenvalue weighted by atomic mass is 32.1. The molecule has 3 fully saturated rings. The topological polar surface area (TPSA) is 155 Å². The Bertz CT molecular complexity index is 2410. The highest BCUT2D eigenvalue weighted by Crippen LogP contribution is 2.49. The number of likely N-dealkylation sites (tertiary alicyclic amines) is 2. The molecule has 1 N–H and O–H groups in total. The number of carbonyl (C=O) groups excluding carboxylic acids is 2. The molecule has 8 rings (SSSR count). The van der Waals surface area contributed by atoms with E-state index in [2.05, 4.69) is 15.3 Å². The van der Waals surface area contributed by atoms with Crippen LogP contribution in [0.15, 0.2) is 6.20 Å². The number of nitrogens with zero attached hydrogens (tertiary/aromatic N) is 7. The number of piperazine rings is 1. The molecule has 0 spiro atoms. The summed E-state index contributed by atoms with van der Waals surface area (Å²) in [5.74, 6) is -4.45. The summed E-state index contributed by atoms with van der Waals surface area (Å²) in [6.45, 7) is 10.6. The maximum absolute atomic E-state index is 17.7. The van der Waals surface area contributed by atoms with E-state index >= 15 is 8.78 Å². The minimum Gasteiger partial charge on any atom is -0.461 e. The fraction of sp³-hybridized carbons (Fsp3) is 0.550. The van der Waals surface area contributed by atoms with Crippen molar-refractivity contribution in [3.05, 3.63) is 34.5 Å². The van der Waals surface area contributed by atoms with Crippen molar-refractivity contribution in [2.24, 2.45) is 0 Å². The van der Waals surface area contributed by atoms with Crippen molar-refractivity contribution < 1.29 is 46.1 Å². The van der Waals surface area contributed by atoms with Gasteiger partial charge in [-0.3, -0.25) is 15.2 Å². The van der Waals surface area contributed by atoms with Crippen molar-refractivity contribution in [2.75, 3.05) is 43.5 Å². The lowest BCUT2D eigenvalue weighted by molar-refractivity contribution is -0.0442. The molecule has 4 aliphatic rings. The van der Waals surface area contributed by atoms with Gasteiger partial charge in [0.2, 0.25) is 0 Å². The summed E-state index contributed by atoms with van der Waals surface area (Å²) >= 11 is 0.778. The fourth-order valence-electron chi connectivity index (χ4n) is 8.44. The van der Waals surface area contributed by atoms with Gasteiger partial charge in [-0.2, -0.15) is 15.2 Å². The lowest BCUT2D eigenvalue weighted by atomic mass is 9.93. The van der Waals surface area contributed by atoms with Crippen molar-refractivity contribution in [3.8, 4) is 23.3 Å². The van der Waals surface area contributed by atoms with Gasteiger partial charge in [-0.25, -0.2) is 27.2 Å². The van der Waals surface area contributed by atoms with E-state index in [0.29, 0.717) is 35.2 Å². The quantitative estimate of drug-likeness (QED) is 0.189. The molecule has 4 aliphatic heterocycles. The summed E-state index contributed by atoms with van der Waals surface area (Å²) in [5, 5.41) is 13.2. The van der Waals surface area contributed by atoms with Gasteiger partial charge in [-0.05, 0) is 72.6 Å². The Balaban J connectivity index is 1.29. The molecule has 1 aromatic carbocycles.